The number of nitrogens with zero attached hydrogens (tertiary/aromatic N) is 1. The first-order valence-corrected chi connectivity index (χ1v) is 20.5. The van der Waals surface area contributed by atoms with E-state index >= 15 is 0 Å². The zero-order chi connectivity index (χ0) is 43.4. The lowest BCUT2D eigenvalue weighted by atomic mass is 10.0. The van der Waals surface area contributed by atoms with E-state index in [9.17, 15) is 33.6 Å². The van der Waals surface area contributed by atoms with Crippen molar-refractivity contribution in [2.24, 2.45) is 27.9 Å². The number of nitrogens with one attached hydrogen (secondary N) is 6. The number of ketones is 1. The number of amides is 6. The summed E-state index contributed by atoms with van der Waals surface area (Å²) in [6.45, 7) is 0.421. The van der Waals surface area contributed by atoms with Crippen LogP contribution in [0.2, 0.25) is 0 Å². The first-order valence-electron chi connectivity index (χ1n) is 20.5. The summed E-state index contributed by atoms with van der Waals surface area (Å²) >= 11 is 0. The lowest BCUT2D eigenvalue weighted by Gasteiger charge is -2.27. The molecule has 60 heavy (non-hydrogen) atoms. The fourth-order valence-electron chi connectivity index (χ4n) is 6.93. The molecule has 324 valence electrons. The van der Waals surface area contributed by atoms with Gasteiger partial charge in [0.25, 0.3) is 0 Å². The maximum absolute atomic E-state index is 14.3. The number of carbonyl (C=O) groups is 7. The van der Waals surface area contributed by atoms with Crippen molar-refractivity contribution in [3.63, 3.8) is 0 Å². The molecule has 4 rings (SSSR count). The predicted molar refractivity (Wildman–Crippen MR) is 227 cm³/mol. The quantitative estimate of drug-likeness (QED) is 0.0780. The number of hydrogen-bond acceptors (Lipinski definition) is 9. The largest absolute Gasteiger partial charge is 0.370 e. The topological polar surface area (TPSA) is 312 Å². The van der Waals surface area contributed by atoms with Crippen molar-refractivity contribution in [1.82, 2.24) is 31.6 Å². The summed E-state index contributed by atoms with van der Waals surface area (Å²) in [4.78, 5) is 101. The minimum atomic E-state index is -1.24. The zero-order valence-corrected chi connectivity index (χ0v) is 33.9. The molecular formula is C42H59N11O7. The maximum Gasteiger partial charge on any atom is 0.243 e. The van der Waals surface area contributed by atoms with Gasteiger partial charge in [0.05, 0.1) is 6.04 Å². The van der Waals surface area contributed by atoms with Gasteiger partial charge in [-0.2, -0.15) is 0 Å². The van der Waals surface area contributed by atoms with E-state index in [2.05, 4.69) is 36.6 Å². The molecule has 1 aliphatic heterocycles. The van der Waals surface area contributed by atoms with Crippen LogP contribution in [0.5, 0.6) is 0 Å². The number of aromatic amines is 1. The van der Waals surface area contributed by atoms with Crippen LogP contribution in [0.25, 0.3) is 10.9 Å². The van der Waals surface area contributed by atoms with Gasteiger partial charge in [-0.05, 0) is 62.1 Å². The zero-order valence-electron chi connectivity index (χ0n) is 33.9. The van der Waals surface area contributed by atoms with Gasteiger partial charge in [0.2, 0.25) is 35.4 Å². The number of hydrogen-bond donors (Lipinski definition) is 10. The Hall–Kier alpha value is -6.30. The van der Waals surface area contributed by atoms with Crippen molar-refractivity contribution in [1.29, 1.82) is 0 Å². The number of fused-ring (bicyclic) bond motifs is 1. The predicted octanol–water partition coefficient (Wildman–Crippen LogP) is -0.0317. The van der Waals surface area contributed by atoms with E-state index in [0.717, 1.165) is 16.5 Å². The number of primary amides is 1. The third kappa shape index (κ3) is 15.5. The summed E-state index contributed by atoms with van der Waals surface area (Å²) in [5.41, 5.74) is 25.3. The lowest BCUT2D eigenvalue weighted by Crippen LogP contribution is -2.59. The number of Topliss-reactive ketones (excluding diaryl/α,β-unsaturated/α-hetero) is 1. The molecule has 3 aromatic rings. The van der Waals surface area contributed by atoms with E-state index in [1.165, 1.54) is 0 Å². The minimum absolute atomic E-state index is 0.000841. The molecule has 14 N–H and O–H groups in total. The normalized spacial score (nSPS) is 22.7. The Balaban J connectivity index is 1.65. The number of nitrogens with two attached hydrogens (primary N) is 4. The molecule has 0 spiro atoms. The van der Waals surface area contributed by atoms with Crippen LogP contribution >= 0.6 is 0 Å². The van der Waals surface area contributed by atoms with Crippen molar-refractivity contribution in [2.75, 3.05) is 13.1 Å². The van der Waals surface area contributed by atoms with Crippen LogP contribution in [0.3, 0.4) is 0 Å². The number of guanidine groups is 1. The van der Waals surface area contributed by atoms with E-state index in [4.69, 9.17) is 22.9 Å². The van der Waals surface area contributed by atoms with Gasteiger partial charge in [-0.3, -0.25) is 38.6 Å². The lowest BCUT2D eigenvalue weighted by molar-refractivity contribution is -0.134. The molecule has 0 bridgehead atoms. The van der Waals surface area contributed by atoms with Gasteiger partial charge in [0.1, 0.15) is 30.0 Å². The second kappa shape index (κ2) is 23.9. The maximum atomic E-state index is 14.3. The number of benzene rings is 2. The molecule has 1 fully saturated rings. The van der Waals surface area contributed by atoms with Crippen molar-refractivity contribution in [3.8, 4) is 0 Å². The number of H-pyrrole nitrogens is 1. The van der Waals surface area contributed by atoms with E-state index in [-0.39, 0.29) is 88.5 Å². The highest BCUT2D eigenvalue weighted by Crippen LogP contribution is 2.20. The summed E-state index contributed by atoms with van der Waals surface area (Å²) in [6.07, 6.45) is 4.60. The first kappa shape index (κ1) is 46.4. The summed E-state index contributed by atoms with van der Waals surface area (Å²) < 4.78 is 0. The molecule has 0 saturated carbocycles. The standard InChI is InChI=1S/C42H59N11O7/c43-30-15-6-4-13-28(54)19-20-36(55)47-21-9-8-17-32(37(44)56)50-41(60)35(24-27-25-49-31-16-7-5-14-29(27)31)53-39(58)33(18-10-22-48-42(45)46)51-40(59)34(52-38(30)57)23-26-11-2-1-3-12-26/h1-3,5,7,11-12,14,16,25,30,32-35,49H,4,6,8-10,13,15,17-24,43H2,(H2,44,56)(H,47,55)(H,50,60)(H,51,59)(H,52,57)(H,53,58)(H4,45,46,48). The first-order chi connectivity index (χ1) is 28.8. The molecule has 2 aromatic carbocycles. The van der Waals surface area contributed by atoms with Gasteiger partial charge in [0.15, 0.2) is 5.96 Å². The van der Waals surface area contributed by atoms with Gasteiger partial charge in [-0.25, -0.2) is 0 Å². The molecule has 18 nitrogen and oxygen atoms in total. The van der Waals surface area contributed by atoms with E-state index in [0.29, 0.717) is 31.2 Å². The second-order valence-corrected chi connectivity index (χ2v) is 15.1. The average molecular weight is 830 g/mol. The Morgan fingerprint density at radius 1 is 0.683 bits per heavy atom. The van der Waals surface area contributed by atoms with Gasteiger partial charge in [-0.15, -0.1) is 0 Å². The number of aliphatic imine (C=N–C) groups is 1. The third-order valence-corrected chi connectivity index (χ3v) is 10.3. The SMILES string of the molecule is NC(=O)C1CCCCNC(=O)CCC(=O)CCCCC(N)C(=O)NC(Cc2ccccc2)C(=O)NC(CCCN=C(N)N)C(=O)NC(Cc2c[nH]c3ccccc23)C(=O)N1. The molecule has 18 heteroatoms. The fraction of sp³-hybridized carbons (Fsp3) is 0.476. The fourth-order valence-corrected chi connectivity index (χ4v) is 6.93. The number of carbonyl (C=O) groups excluding carboxylic acids is 7. The van der Waals surface area contributed by atoms with Gasteiger partial charge in [-0.1, -0.05) is 55.0 Å². The number of para-hydroxylation sites is 1. The molecule has 6 amide bonds. The molecule has 1 aliphatic rings. The molecule has 5 unspecified atom stereocenters. The van der Waals surface area contributed by atoms with Crippen LogP contribution < -0.4 is 49.5 Å². The van der Waals surface area contributed by atoms with Crippen LogP contribution in [0.4, 0.5) is 0 Å². The van der Waals surface area contributed by atoms with Crippen molar-refractivity contribution in [2.45, 2.75) is 114 Å². The Kier molecular flexibility index (Phi) is 18.5. The van der Waals surface area contributed by atoms with E-state index in [1.54, 1.807) is 30.5 Å². The van der Waals surface area contributed by atoms with Crippen LogP contribution in [-0.4, -0.2) is 95.5 Å². The van der Waals surface area contributed by atoms with Gasteiger partial charge < -0.3 is 54.5 Å². The molecule has 0 aliphatic carbocycles. The Morgan fingerprint density at radius 2 is 1.33 bits per heavy atom. The van der Waals surface area contributed by atoms with Crippen molar-refractivity contribution < 1.29 is 33.6 Å². The van der Waals surface area contributed by atoms with Crippen LogP contribution in [0, 0.1) is 0 Å². The van der Waals surface area contributed by atoms with E-state index < -0.39 is 59.7 Å². The number of aromatic nitrogens is 1. The Morgan fingerprint density at radius 3 is 2.08 bits per heavy atom. The highest BCUT2D eigenvalue weighted by atomic mass is 16.2. The monoisotopic (exact) mass is 829 g/mol. The Bertz CT molecular complexity index is 1960. The minimum Gasteiger partial charge on any atom is -0.370 e. The van der Waals surface area contributed by atoms with E-state index in [1.807, 2.05) is 30.3 Å². The molecule has 1 aromatic heterocycles. The summed E-state index contributed by atoms with van der Waals surface area (Å²) in [5, 5.41) is 14.6. The average Bonchev–Trinajstić information content (AvgIpc) is 3.63. The molecule has 1 saturated heterocycles. The highest BCUT2D eigenvalue weighted by Gasteiger charge is 2.32. The summed E-state index contributed by atoms with van der Waals surface area (Å²) in [6, 6.07) is 10.7. The summed E-state index contributed by atoms with van der Waals surface area (Å²) in [7, 11) is 0. The van der Waals surface area contributed by atoms with Crippen molar-refractivity contribution in [3.05, 3.63) is 71.9 Å². The molecule has 0 radical (unpaired) electrons. The molecular weight excluding hydrogens is 771 g/mol. The summed E-state index contributed by atoms with van der Waals surface area (Å²) in [5.74, 6) is -3.99. The van der Waals surface area contributed by atoms with Crippen LogP contribution in [0.15, 0.2) is 65.8 Å². The second-order valence-electron chi connectivity index (χ2n) is 15.1. The molecule has 2 heterocycles. The Labute approximate surface area is 349 Å². The van der Waals surface area contributed by atoms with Gasteiger partial charge in [0, 0.05) is 62.3 Å². The number of rotatable bonds is 9. The third-order valence-electron chi connectivity index (χ3n) is 10.3. The molecule has 5 atom stereocenters. The van der Waals surface area contributed by atoms with Gasteiger partial charge >= 0.3 is 0 Å². The van der Waals surface area contributed by atoms with Crippen LogP contribution in [-0.2, 0) is 46.4 Å². The highest BCUT2D eigenvalue weighted by molar-refractivity contribution is 5.96. The van der Waals surface area contributed by atoms with Crippen molar-refractivity contribution >= 4 is 58.1 Å². The van der Waals surface area contributed by atoms with Crippen LogP contribution in [0.1, 0.15) is 81.8 Å². The smallest absolute Gasteiger partial charge is 0.243 e.